The molecule has 0 radical (unpaired) electrons. The van der Waals surface area contributed by atoms with Crippen molar-refractivity contribution in [2.75, 3.05) is 0 Å². The molecule has 1 aliphatic rings. The third-order valence-electron chi connectivity index (χ3n) is 10.0. The van der Waals surface area contributed by atoms with Crippen molar-refractivity contribution in [1.82, 2.24) is 9.97 Å². The summed E-state index contributed by atoms with van der Waals surface area (Å²) in [4.78, 5) is 13.1. The molecule has 0 saturated heterocycles. The Balaban J connectivity index is 1.24. The fourth-order valence-corrected chi connectivity index (χ4v) is 8.91. The number of furan rings is 1. The summed E-state index contributed by atoms with van der Waals surface area (Å²) in [6.07, 6.45) is 0. The van der Waals surface area contributed by atoms with Crippen LogP contribution in [0.25, 0.3) is 55.8 Å². The van der Waals surface area contributed by atoms with Crippen LogP contribution >= 0.6 is 11.8 Å². The van der Waals surface area contributed by atoms with Crippen LogP contribution in [-0.2, 0) is 5.41 Å². The summed E-state index contributed by atoms with van der Waals surface area (Å²) in [6, 6.07) is 64.5. The Morgan fingerprint density at radius 2 is 1.08 bits per heavy atom. The normalized spacial score (nSPS) is 13.2. The molecule has 0 amide bonds. The van der Waals surface area contributed by atoms with Crippen molar-refractivity contribution in [2.45, 2.75) is 15.2 Å². The Kier molecular flexibility index (Phi) is 6.97. The van der Waals surface area contributed by atoms with Gasteiger partial charge in [-0.3, -0.25) is 0 Å². The van der Waals surface area contributed by atoms with E-state index in [-0.39, 0.29) is 0 Å². The lowest BCUT2D eigenvalue weighted by Gasteiger charge is -2.42. The molecule has 3 heterocycles. The molecule has 0 N–H and O–H groups in total. The molecule has 0 bridgehead atoms. The zero-order valence-corrected chi connectivity index (χ0v) is 28.3. The quantitative estimate of drug-likeness (QED) is 0.183. The van der Waals surface area contributed by atoms with Crippen molar-refractivity contribution in [3.8, 4) is 33.8 Å². The maximum absolute atomic E-state index is 6.52. The molecule has 0 fully saturated rings. The van der Waals surface area contributed by atoms with Crippen molar-refractivity contribution in [2.24, 2.45) is 0 Å². The van der Waals surface area contributed by atoms with Gasteiger partial charge in [-0.1, -0.05) is 157 Å². The van der Waals surface area contributed by atoms with Gasteiger partial charge in [0.05, 0.1) is 5.41 Å². The first-order valence-electron chi connectivity index (χ1n) is 17.2. The Labute approximate surface area is 300 Å². The second kappa shape index (κ2) is 12.0. The van der Waals surface area contributed by atoms with Crippen LogP contribution in [0.3, 0.4) is 0 Å². The highest BCUT2D eigenvalue weighted by molar-refractivity contribution is 7.99. The number of hydrogen-bond acceptors (Lipinski definition) is 4. The van der Waals surface area contributed by atoms with Crippen molar-refractivity contribution in [1.29, 1.82) is 0 Å². The van der Waals surface area contributed by atoms with Crippen LogP contribution in [0.2, 0.25) is 0 Å². The second-order valence-electron chi connectivity index (χ2n) is 12.9. The van der Waals surface area contributed by atoms with E-state index in [1.807, 2.05) is 36.0 Å². The van der Waals surface area contributed by atoms with E-state index >= 15 is 0 Å². The molecule has 7 aromatic carbocycles. The molecule has 0 aliphatic carbocycles. The first-order chi connectivity index (χ1) is 25.3. The lowest BCUT2D eigenvalue weighted by molar-refractivity contribution is 0.667. The predicted octanol–water partition coefficient (Wildman–Crippen LogP) is 12.2. The molecule has 10 rings (SSSR count). The molecular weight excluding hydrogens is 641 g/mol. The van der Waals surface area contributed by atoms with Gasteiger partial charge in [-0.05, 0) is 69.8 Å². The highest BCUT2D eigenvalue weighted by Crippen LogP contribution is 2.56. The van der Waals surface area contributed by atoms with Crippen molar-refractivity contribution in [3.63, 3.8) is 0 Å². The highest BCUT2D eigenvalue weighted by Gasteiger charge is 2.44. The summed E-state index contributed by atoms with van der Waals surface area (Å²) in [5.41, 5.74) is 11.7. The van der Waals surface area contributed by atoms with E-state index in [0.717, 1.165) is 44.4 Å². The number of nitrogens with zero attached hydrogens (tertiary/aromatic N) is 2. The highest BCUT2D eigenvalue weighted by atomic mass is 32.2. The van der Waals surface area contributed by atoms with Crippen LogP contribution in [0.4, 0.5) is 0 Å². The average molecular weight is 671 g/mol. The summed E-state index contributed by atoms with van der Waals surface area (Å²) in [6.45, 7) is 0. The maximum Gasteiger partial charge on any atom is 0.180 e. The van der Waals surface area contributed by atoms with Gasteiger partial charge < -0.3 is 4.42 Å². The molecule has 0 saturated carbocycles. The Morgan fingerprint density at radius 3 is 1.86 bits per heavy atom. The number of para-hydroxylation sites is 1. The van der Waals surface area contributed by atoms with E-state index in [2.05, 4.69) is 158 Å². The smallest absolute Gasteiger partial charge is 0.180 e. The third kappa shape index (κ3) is 4.75. The van der Waals surface area contributed by atoms with Crippen molar-refractivity contribution < 1.29 is 4.42 Å². The minimum atomic E-state index is -0.547. The van der Waals surface area contributed by atoms with E-state index in [1.165, 1.54) is 32.0 Å². The van der Waals surface area contributed by atoms with Gasteiger partial charge in [0.1, 0.15) is 16.8 Å². The van der Waals surface area contributed by atoms with Gasteiger partial charge in [-0.25, -0.2) is 9.97 Å². The van der Waals surface area contributed by atoms with Crippen LogP contribution in [0.15, 0.2) is 196 Å². The van der Waals surface area contributed by atoms with Crippen LogP contribution in [0.5, 0.6) is 0 Å². The number of rotatable bonds is 5. The van der Waals surface area contributed by atoms with E-state index in [1.54, 1.807) is 0 Å². The van der Waals surface area contributed by atoms with Crippen LogP contribution < -0.4 is 0 Å². The van der Waals surface area contributed by atoms with Gasteiger partial charge >= 0.3 is 0 Å². The molecule has 0 atom stereocenters. The minimum Gasteiger partial charge on any atom is -0.452 e. The van der Waals surface area contributed by atoms with Crippen molar-refractivity contribution in [3.05, 3.63) is 204 Å². The molecular formula is C47H30N2OS. The monoisotopic (exact) mass is 670 g/mol. The van der Waals surface area contributed by atoms with E-state index in [9.17, 15) is 0 Å². The zero-order valence-electron chi connectivity index (χ0n) is 27.5. The molecule has 51 heavy (non-hydrogen) atoms. The second-order valence-corrected chi connectivity index (χ2v) is 14.0. The fraction of sp³-hybridized carbons (Fsp3) is 0.0213. The molecule has 2 aromatic heterocycles. The van der Waals surface area contributed by atoms with Crippen molar-refractivity contribution >= 4 is 33.8 Å². The predicted molar refractivity (Wildman–Crippen MR) is 208 cm³/mol. The summed E-state index contributed by atoms with van der Waals surface area (Å²) in [5.74, 6) is 0.663. The van der Waals surface area contributed by atoms with Crippen LogP contribution in [-0.4, -0.2) is 9.97 Å². The fourth-order valence-electron chi connectivity index (χ4n) is 7.74. The van der Waals surface area contributed by atoms with Gasteiger partial charge in [0.25, 0.3) is 0 Å². The van der Waals surface area contributed by atoms with E-state index < -0.39 is 5.41 Å². The number of aromatic nitrogens is 2. The van der Waals surface area contributed by atoms with Crippen LogP contribution in [0.1, 0.15) is 22.3 Å². The molecule has 0 spiro atoms. The molecule has 9 aromatic rings. The number of fused-ring (bicyclic) bond motifs is 5. The molecule has 0 unspecified atom stereocenters. The summed E-state index contributed by atoms with van der Waals surface area (Å²) in [7, 11) is 0. The Hall–Kier alpha value is -6.23. The first-order valence-corrected chi connectivity index (χ1v) is 18.0. The maximum atomic E-state index is 6.52. The topological polar surface area (TPSA) is 38.9 Å². The molecule has 240 valence electrons. The lowest BCUT2D eigenvalue weighted by atomic mass is 9.64. The van der Waals surface area contributed by atoms with E-state index in [0.29, 0.717) is 11.4 Å². The summed E-state index contributed by atoms with van der Waals surface area (Å²) in [5, 5.41) is 0.974. The number of benzene rings is 7. The van der Waals surface area contributed by atoms with Gasteiger partial charge in [-0.2, -0.15) is 0 Å². The Bertz CT molecular complexity index is 2680. The SMILES string of the molecule is c1ccc(-c2cccc(-c3nc(-c4ccc5c(c4)C(c4ccccc4)(c4ccccc4)c4ccccc4S5)nc4c3oc3ccccc34)c2)cc1. The largest absolute Gasteiger partial charge is 0.452 e. The van der Waals surface area contributed by atoms with Crippen LogP contribution in [0, 0.1) is 0 Å². The Morgan fingerprint density at radius 1 is 0.451 bits per heavy atom. The number of hydrogen-bond donors (Lipinski definition) is 0. The van der Waals surface area contributed by atoms with E-state index in [4.69, 9.17) is 14.4 Å². The molecule has 3 nitrogen and oxygen atoms in total. The van der Waals surface area contributed by atoms with Gasteiger partial charge in [0, 0.05) is 26.3 Å². The first kappa shape index (κ1) is 29.7. The molecule has 1 aliphatic heterocycles. The summed E-state index contributed by atoms with van der Waals surface area (Å²) < 4.78 is 6.52. The zero-order chi connectivity index (χ0) is 33.8. The third-order valence-corrected chi connectivity index (χ3v) is 11.2. The van der Waals surface area contributed by atoms with Gasteiger partial charge in [0.15, 0.2) is 11.4 Å². The standard InChI is InChI=1S/C47H30N2OS/c1-4-15-31(16-5-1)32-17-14-18-33(29-32)43-45-44(37-23-10-12-25-40(37)50-45)49-46(48-43)34-27-28-42-39(30-34)47(35-19-6-2-7-20-35,36-21-8-3-9-22-36)38-24-11-13-26-41(38)51-42/h1-30H. The lowest BCUT2D eigenvalue weighted by Crippen LogP contribution is -2.34. The van der Waals surface area contributed by atoms with Gasteiger partial charge in [0.2, 0.25) is 0 Å². The average Bonchev–Trinajstić information content (AvgIpc) is 3.59. The minimum absolute atomic E-state index is 0.547. The van der Waals surface area contributed by atoms with Gasteiger partial charge in [-0.15, -0.1) is 0 Å². The summed E-state index contributed by atoms with van der Waals surface area (Å²) >= 11 is 1.83. The molecule has 4 heteroatoms.